The second-order valence-electron chi connectivity index (χ2n) is 9.15. The molecule has 8 nitrogen and oxygen atoms in total. The number of hydrogen-bond acceptors (Lipinski definition) is 9. The van der Waals surface area contributed by atoms with E-state index in [9.17, 15) is 14.4 Å². The van der Waals surface area contributed by atoms with E-state index in [1.165, 1.54) is 48.9 Å². The second kappa shape index (κ2) is 10.7. The Balaban J connectivity index is 1.45. The second-order valence-corrected chi connectivity index (χ2v) is 11.2. The van der Waals surface area contributed by atoms with Crippen molar-refractivity contribution >= 4 is 51.0 Å². The van der Waals surface area contributed by atoms with Gasteiger partial charge in [0.2, 0.25) is 0 Å². The number of carbonyl (C=O) groups excluding carboxylic acids is 3. The Morgan fingerprint density at radius 2 is 1.66 bits per heavy atom. The number of methoxy groups -OCH3 is 2. The molecule has 5 rings (SSSR count). The smallest absolute Gasteiger partial charge is 0.337 e. The summed E-state index contributed by atoms with van der Waals surface area (Å²) in [6.07, 6.45) is 6.06. The largest absolute Gasteiger partial charge is 0.465 e. The summed E-state index contributed by atoms with van der Waals surface area (Å²) in [5.74, 6) is -0.934. The molecule has 1 aromatic carbocycles. The third-order valence-corrected chi connectivity index (χ3v) is 9.00. The maximum Gasteiger partial charge on any atom is 0.337 e. The third kappa shape index (κ3) is 4.74. The van der Waals surface area contributed by atoms with Crippen molar-refractivity contribution in [2.75, 3.05) is 20.0 Å². The fraction of sp³-hybridized carbons (Fsp3) is 0.321. The molecular formula is C28H27N3O5S2. The highest BCUT2D eigenvalue weighted by Gasteiger charge is 2.23. The van der Waals surface area contributed by atoms with Gasteiger partial charge in [0.1, 0.15) is 16.2 Å². The summed E-state index contributed by atoms with van der Waals surface area (Å²) in [6.45, 7) is 3.73. The lowest BCUT2D eigenvalue weighted by molar-refractivity contribution is 0.0598. The predicted molar refractivity (Wildman–Crippen MR) is 147 cm³/mol. The molecule has 3 aromatic heterocycles. The number of aryl methyl sites for hydroxylation is 3. The lowest BCUT2D eigenvalue weighted by Crippen LogP contribution is -2.10. The fourth-order valence-electron chi connectivity index (χ4n) is 5.04. The van der Waals surface area contributed by atoms with Crippen LogP contribution in [-0.4, -0.2) is 52.2 Å². The standard InChI is InChI=1S/C28H27N3O5S2/c1-15-9-21(16(2)31(15)19-11-17(27(33)35-3)10-18(12-19)28(34)36-4)22(32)13-37-25-24-20-7-5-6-8-23(20)38-26(24)30-14-29-25/h9-12,14H,5-8,13H2,1-4H3. The average molecular weight is 550 g/mol. The molecule has 10 heteroatoms. The van der Waals surface area contributed by atoms with Gasteiger partial charge in [0.05, 0.1) is 31.1 Å². The zero-order chi connectivity index (χ0) is 27.0. The molecule has 0 saturated carbocycles. The van der Waals surface area contributed by atoms with Gasteiger partial charge in [0.25, 0.3) is 0 Å². The first-order chi connectivity index (χ1) is 18.3. The van der Waals surface area contributed by atoms with Crippen LogP contribution < -0.4 is 0 Å². The van der Waals surface area contributed by atoms with Crippen molar-refractivity contribution in [3.63, 3.8) is 0 Å². The van der Waals surface area contributed by atoms with Crippen LogP contribution in [0.25, 0.3) is 15.9 Å². The van der Waals surface area contributed by atoms with Gasteiger partial charge in [-0.05, 0) is 69.4 Å². The highest BCUT2D eigenvalue weighted by molar-refractivity contribution is 8.00. The lowest BCUT2D eigenvalue weighted by Gasteiger charge is -2.13. The molecule has 1 aliphatic carbocycles. The van der Waals surface area contributed by atoms with Crippen LogP contribution in [0, 0.1) is 13.8 Å². The van der Waals surface area contributed by atoms with Crippen LogP contribution >= 0.6 is 23.1 Å². The Hall–Kier alpha value is -3.50. The number of thioether (sulfide) groups is 1. The molecule has 0 fully saturated rings. The van der Waals surface area contributed by atoms with Gasteiger partial charge >= 0.3 is 11.9 Å². The van der Waals surface area contributed by atoms with Crippen molar-refractivity contribution in [2.24, 2.45) is 0 Å². The van der Waals surface area contributed by atoms with Crippen LogP contribution in [-0.2, 0) is 22.3 Å². The first-order valence-electron chi connectivity index (χ1n) is 12.2. The van der Waals surface area contributed by atoms with Gasteiger partial charge in [0, 0.05) is 32.9 Å². The van der Waals surface area contributed by atoms with Gasteiger partial charge in [0.15, 0.2) is 5.78 Å². The van der Waals surface area contributed by atoms with Gasteiger partial charge < -0.3 is 14.0 Å². The Kier molecular flexibility index (Phi) is 7.36. The van der Waals surface area contributed by atoms with Gasteiger partial charge in [-0.15, -0.1) is 11.3 Å². The predicted octanol–water partition coefficient (Wildman–Crippen LogP) is 5.53. The van der Waals surface area contributed by atoms with Crippen LogP contribution in [0.4, 0.5) is 0 Å². The molecule has 0 radical (unpaired) electrons. The van der Waals surface area contributed by atoms with Crippen LogP contribution in [0.1, 0.15) is 65.7 Å². The average Bonchev–Trinajstić information content (AvgIpc) is 3.47. The summed E-state index contributed by atoms with van der Waals surface area (Å²) in [5, 5.41) is 1.95. The number of thiophene rings is 1. The molecule has 0 saturated heterocycles. The van der Waals surface area contributed by atoms with Crippen LogP contribution in [0.5, 0.6) is 0 Å². The van der Waals surface area contributed by atoms with E-state index in [0.717, 1.165) is 40.2 Å². The number of Topliss-reactive ketones (excluding diaryl/α,β-unsaturated/α-hetero) is 1. The lowest BCUT2D eigenvalue weighted by atomic mass is 9.97. The summed E-state index contributed by atoms with van der Waals surface area (Å²) in [6, 6.07) is 6.55. The summed E-state index contributed by atoms with van der Waals surface area (Å²) in [5.41, 5.74) is 4.43. The molecule has 0 amide bonds. The van der Waals surface area contributed by atoms with Gasteiger partial charge in [-0.25, -0.2) is 19.6 Å². The van der Waals surface area contributed by atoms with E-state index in [2.05, 4.69) is 9.97 Å². The van der Waals surface area contributed by atoms with Crippen molar-refractivity contribution in [2.45, 2.75) is 44.6 Å². The van der Waals surface area contributed by atoms with Crippen molar-refractivity contribution in [3.05, 3.63) is 69.1 Å². The number of nitrogens with zero attached hydrogens (tertiary/aromatic N) is 3. The molecular weight excluding hydrogens is 522 g/mol. The molecule has 1 aliphatic rings. The van der Waals surface area contributed by atoms with E-state index in [0.29, 0.717) is 16.9 Å². The first-order valence-corrected chi connectivity index (χ1v) is 14.0. The van der Waals surface area contributed by atoms with E-state index in [1.54, 1.807) is 29.8 Å². The van der Waals surface area contributed by atoms with Crippen LogP contribution in [0.2, 0.25) is 0 Å². The van der Waals surface area contributed by atoms with E-state index < -0.39 is 11.9 Å². The number of hydrogen-bond donors (Lipinski definition) is 0. The number of carbonyl (C=O) groups is 3. The number of ether oxygens (including phenoxy) is 2. The highest BCUT2D eigenvalue weighted by Crippen LogP contribution is 2.39. The number of fused-ring (bicyclic) bond motifs is 3. The minimum atomic E-state index is -0.570. The SMILES string of the molecule is COC(=O)c1cc(C(=O)OC)cc(-n2c(C)cc(C(=O)CSc3ncnc4sc5c(c34)CCCC5)c2C)c1. The Bertz CT molecular complexity index is 1550. The number of benzene rings is 1. The van der Waals surface area contributed by atoms with Crippen molar-refractivity contribution < 1.29 is 23.9 Å². The number of aromatic nitrogens is 3. The number of ketones is 1. The van der Waals surface area contributed by atoms with Gasteiger partial charge in [-0.2, -0.15) is 0 Å². The van der Waals surface area contributed by atoms with Crippen LogP contribution in [0.3, 0.4) is 0 Å². The van der Waals surface area contributed by atoms with Crippen molar-refractivity contribution in [1.82, 2.24) is 14.5 Å². The molecule has 0 unspecified atom stereocenters. The minimum absolute atomic E-state index is 0.0254. The first kappa shape index (κ1) is 26.1. The normalized spacial score (nSPS) is 12.8. The van der Waals surface area contributed by atoms with E-state index in [1.807, 2.05) is 24.5 Å². The zero-order valence-electron chi connectivity index (χ0n) is 21.6. The molecule has 0 atom stereocenters. The molecule has 0 aliphatic heterocycles. The Morgan fingerprint density at radius 1 is 0.974 bits per heavy atom. The zero-order valence-corrected chi connectivity index (χ0v) is 23.3. The van der Waals surface area contributed by atoms with Crippen molar-refractivity contribution in [3.8, 4) is 5.69 Å². The molecule has 38 heavy (non-hydrogen) atoms. The van der Waals surface area contributed by atoms with E-state index in [-0.39, 0.29) is 22.7 Å². The quantitative estimate of drug-likeness (QED) is 0.128. The Morgan fingerprint density at radius 3 is 2.34 bits per heavy atom. The van der Waals surface area contributed by atoms with E-state index in [4.69, 9.17) is 9.47 Å². The van der Waals surface area contributed by atoms with Crippen molar-refractivity contribution in [1.29, 1.82) is 0 Å². The molecule has 0 N–H and O–H groups in total. The van der Waals surface area contributed by atoms with E-state index >= 15 is 0 Å². The molecule has 0 bridgehead atoms. The molecule has 0 spiro atoms. The summed E-state index contributed by atoms with van der Waals surface area (Å²) >= 11 is 3.18. The maximum absolute atomic E-state index is 13.4. The molecule has 4 aromatic rings. The Labute approximate surface area is 228 Å². The number of rotatable bonds is 7. The highest BCUT2D eigenvalue weighted by atomic mass is 32.2. The monoisotopic (exact) mass is 549 g/mol. The van der Waals surface area contributed by atoms with Crippen LogP contribution in [0.15, 0.2) is 35.6 Å². The summed E-state index contributed by atoms with van der Waals surface area (Å²) < 4.78 is 11.6. The maximum atomic E-state index is 13.4. The fourth-order valence-corrected chi connectivity index (χ4v) is 7.24. The summed E-state index contributed by atoms with van der Waals surface area (Å²) in [4.78, 5) is 49.4. The molecule has 196 valence electrons. The third-order valence-electron chi connectivity index (χ3n) is 6.81. The minimum Gasteiger partial charge on any atom is -0.465 e. The number of esters is 2. The molecule has 3 heterocycles. The summed E-state index contributed by atoms with van der Waals surface area (Å²) in [7, 11) is 2.56. The van der Waals surface area contributed by atoms with Gasteiger partial charge in [-0.3, -0.25) is 4.79 Å². The van der Waals surface area contributed by atoms with Gasteiger partial charge in [-0.1, -0.05) is 11.8 Å². The topological polar surface area (TPSA) is 100 Å².